The molecule has 0 radical (unpaired) electrons. The second-order valence-electron chi connectivity index (χ2n) is 6.39. The smallest absolute Gasteiger partial charge is 0.0224 e. The highest BCUT2D eigenvalue weighted by Gasteiger charge is 2.36. The summed E-state index contributed by atoms with van der Waals surface area (Å²) in [7, 11) is 0. The number of rotatable bonds is 6. The highest BCUT2D eigenvalue weighted by atomic mass is 15.3. The van der Waals surface area contributed by atoms with Gasteiger partial charge in [0.2, 0.25) is 0 Å². The van der Waals surface area contributed by atoms with Crippen LogP contribution >= 0.6 is 0 Å². The minimum atomic E-state index is 0.796. The van der Waals surface area contributed by atoms with Crippen LogP contribution in [0.25, 0.3) is 0 Å². The molecule has 2 aliphatic heterocycles. The van der Waals surface area contributed by atoms with Crippen LogP contribution in [-0.2, 0) is 0 Å². The van der Waals surface area contributed by atoms with Crippen molar-refractivity contribution in [2.24, 2.45) is 0 Å². The van der Waals surface area contributed by atoms with Crippen LogP contribution in [0.1, 0.15) is 65.7 Å². The lowest BCUT2D eigenvalue weighted by molar-refractivity contribution is 0.0203. The molecule has 0 aliphatic carbocycles. The van der Waals surface area contributed by atoms with Crippen LogP contribution in [0.15, 0.2) is 0 Å². The number of nitrogens with zero attached hydrogens (tertiary/aromatic N) is 2. The summed E-state index contributed by atoms with van der Waals surface area (Å²) in [5.41, 5.74) is 0. The minimum Gasteiger partial charge on any atom is -0.298 e. The molecule has 0 aromatic rings. The van der Waals surface area contributed by atoms with Gasteiger partial charge in [-0.3, -0.25) is 9.80 Å². The number of unbranched alkanes of at least 4 members (excludes halogenated alkanes) is 2. The van der Waals surface area contributed by atoms with Crippen molar-refractivity contribution in [3.63, 3.8) is 0 Å². The zero-order valence-corrected chi connectivity index (χ0v) is 12.7. The van der Waals surface area contributed by atoms with E-state index < -0.39 is 0 Å². The van der Waals surface area contributed by atoms with E-state index in [0.717, 1.165) is 18.1 Å². The summed E-state index contributed by atoms with van der Waals surface area (Å²) in [6.45, 7) is 11.2. The number of fused-ring (bicyclic) bond motifs is 1. The molecule has 0 amide bonds. The summed E-state index contributed by atoms with van der Waals surface area (Å²) in [5.74, 6) is 0. The maximum absolute atomic E-state index is 2.84. The Morgan fingerprint density at radius 1 is 1.17 bits per heavy atom. The summed E-state index contributed by atoms with van der Waals surface area (Å²) >= 11 is 0. The molecule has 106 valence electrons. The van der Waals surface area contributed by atoms with Gasteiger partial charge in [0.25, 0.3) is 0 Å². The molecule has 18 heavy (non-hydrogen) atoms. The maximum Gasteiger partial charge on any atom is 0.0224 e. The third kappa shape index (κ3) is 3.27. The highest BCUT2D eigenvalue weighted by molar-refractivity contribution is 4.93. The van der Waals surface area contributed by atoms with E-state index in [9.17, 15) is 0 Å². The van der Waals surface area contributed by atoms with E-state index in [2.05, 4.69) is 30.6 Å². The molecule has 2 heterocycles. The molecule has 3 unspecified atom stereocenters. The van der Waals surface area contributed by atoms with Crippen molar-refractivity contribution in [1.82, 2.24) is 9.80 Å². The van der Waals surface area contributed by atoms with Crippen molar-refractivity contribution in [3.8, 4) is 0 Å². The van der Waals surface area contributed by atoms with Crippen molar-refractivity contribution in [3.05, 3.63) is 0 Å². The lowest BCUT2D eigenvalue weighted by atomic mass is 10.00. The van der Waals surface area contributed by atoms with Crippen molar-refractivity contribution in [2.45, 2.75) is 83.8 Å². The van der Waals surface area contributed by atoms with Gasteiger partial charge >= 0.3 is 0 Å². The van der Waals surface area contributed by atoms with E-state index in [1.54, 1.807) is 0 Å². The van der Waals surface area contributed by atoms with Crippen LogP contribution < -0.4 is 0 Å². The van der Waals surface area contributed by atoms with Crippen LogP contribution in [0.2, 0.25) is 0 Å². The molecule has 2 saturated heterocycles. The van der Waals surface area contributed by atoms with Crippen molar-refractivity contribution >= 4 is 0 Å². The number of hydrogen-bond donors (Lipinski definition) is 0. The molecule has 2 rings (SSSR count). The summed E-state index contributed by atoms with van der Waals surface area (Å²) in [6.07, 6.45) is 9.76. The average Bonchev–Trinajstić information content (AvgIpc) is 2.84. The quantitative estimate of drug-likeness (QED) is 0.667. The molecule has 0 saturated carbocycles. The second kappa shape index (κ2) is 6.91. The zero-order valence-electron chi connectivity index (χ0n) is 12.7. The second-order valence-corrected chi connectivity index (χ2v) is 6.39. The Morgan fingerprint density at radius 3 is 2.72 bits per heavy atom. The Balaban J connectivity index is 1.88. The van der Waals surface area contributed by atoms with E-state index in [1.165, 1.54) is 64.6 Å². The minimum absolute atomic E-state index is 0.796. The first kappa shape index (κ1) is 14.3. The van der Waals surface area contributed by atoms with Gasteiger partial charge in [-0.2, -0.15) is 0 Å². The van der Waals surface area contributed by atoms with Crippen LogP contribution in [0.4, 0.5) is 0 Å². The van der Waals surface area contributed by atoms with Gasteiger partial charge in [0.1, 0.15) is 0 Å². The Hall–Kier alpha value is -0.0800. The van der Waals surface area contributed by atoms with E-state index in [0.29, 0.717) is 0 Å². The van der Waals surface area contributed by atoms with Crippen molar-refractivity contribution in [1.29, 1.82) is 0 Å². The van der Waals surface area contributed by atoms with Gasteiger partial charge in [-0.25, -0.2) is 0 Å². The fourth-order valence-corrected chi connectivity index (χ4v) is 3.87. The average molecular weight is 252 g/mol. The van der Waals surface area contributed by atoms with Gasteiger partial charge in [0.15, 0.2) is 0 Å². The van der Waals surface area contributed by atoms with Crippen LogP contribution in [-0.4, -0.2) is 47.6 Å². The first-order valence-corrected chi connectivity index (χ1v) is 8.26. The Morgan fingerprint density at radius 2 is 2.00 bits per heavy atom. The van der Waals surface area contributed by atoms with E-state index in [1.807, 2.05) is 0 Å². The molecular weight excluding hydrogens is 220 g/mol. The molecule has 0 bridgehead atoms. The summed E-state index contributed by atoms with van der Waals surface area (Å²) in [5, 5.41) is 0. The van der Waals surface area contributed by atoms with Crippen molar-refractivity contribution in [2.75, 3.05) is 19.6 Å². The molecule has 2 aliphatic rings. The lowest BCUT2D eigenvalue weighted by Gasteiger charge is -2.46. The van der Waals surface area contributed by atoms with Gasteiger partial charge in [-0.15, -0.1) is 0 Å². The summed E-state index contributed by atoms with van der Waals surface area (Å²) in [6, 6.07) is 2.49. The Kier molecular flexibility index (Phi) is 5.50. The molecule has 3 atom stereocenters. The Labute approximate surface area is 114 Å². The summed E-state index contributed by atoms with van der Waals surface area (Å²) < 4.78 is 0. The molecule has 0 N–H and O–H groups in total. The zero-order chi connectivity index (χ0) is 13.0. The fraction of sp³-hybridized carbons (Fsp3) is 1.00. The normalized spacial score (nSPS) is 31.5. The topological polar surface area (TPSA) is 6.48 Å². The van der Waals surface area contributed by atoms with Crippen LogP contribution in [0, 0.1) is 0 Å². The van der Waals surface area contributed by atoms with E-state index in [4.69, 9.17) is 0 Å². The van der Waals surface area contributed by atoms with Gasteiger partial charge in [0, 0.05) is 31.2 Å². The highest BCUT2D eigenvalue weighted by Crippen LogP contribution is 2.28. The lowest BCUT2D eigenvalue weighted by Crippen LogP contribution is -2.58. The van der Waals surface area contributed by atoms with Gasteiger partial charge in [0.05, 0.1) is 0 Å². The van der Waals surface area contributed by atoms with E-state index in [-0.39, 0.29) is 0 Å². The number of piperazine rings is 1. The summed E-state index contributed by atoms with van der Waals surface area (Å²) in [4.78, 5) is 5.59. The van der Waals surface area contributed by atoms with Crippen LogP contribution in [0.3, 0.4) is 0 Å². The van der Waals surface area contributed by atoms with E-state index >= 15 is 0 Å². The molecule has 0 spiro atoms. The predicted molar refractivity (Wildman–Crippen MR) is 79.0 cm³/mol. The third-order valence-corrected chi connectivity index (χ3v) is 5.10. The fourth-order valence-electron chi connectivity index (χ4n) is 3.87. The molecule has 2 fully saturated rings. The van der Waals surface area contributed by atoms with Crippen molar-refractivity contribution < 1.29 is 0 Å². The largest absolute Gasteiger partial charge is 0.298 e. The van der Waals surface area contributed by atoms with Gasteiger partial charge in [-0.05, 0) is 39.2 Å². The standard InChI is InChI=1S/C16H32N2/c1-4-6-7-9-14(3)18-13-16-10-8-11-17(16)12-15(18)5-2/h14-16H,4-13H2,1-3H3. The SMILES string of the molecule is CCCCCC(C)N1CC2CCCN2CC1CC. The predicted octanol–water partition coefficient (Wildman–Crippen LogP) is 3.51. The molecular formula is C16H32N2. The molecule has 2 nitrogen and oxygen atoms in total. The first-order valence-electron chi connectivity index (χ1n) is 8.26. The molecule has 0 aromatic heterocycles. The molecule has 2 heteroatoms. The Bertz CT molecular complexity index is 241. The molecule has 0 aromatic carbocycles. The first-order chi connectivity index (χ1) is 8.76. The monoisotopic (exact) mass is 252 g/mol. The maximum atomic E-state index is 2.84. The van der Waals surface area contributed by atoms with Crippen LogP contribution in [0.5, 0.6) is 0 Å². The van der Waals surface area contributed by atoms with Gasteiger partial charge < -0.3 is 0 Å². The third-order valence-electron chi connectivity index (χ3n) is 5.10. The number of hydrogen-bond acceptors (Lipinski definition) is 2. The van der Waals surface area contributed by atoms with Gasteiger partial charge in [-0.1, -0.05) is 33.1 Å².